The minimum Gasteiger partial charge on any atom is -0.497 e. The standard InChI is InChI=1S/C18H26N2O2/c1-14(2)16-9-17(21-4)11-18(10-16)22-8-6-5-7-20-13-15(3)12-19-20/h9-14H,5-8H2,1-4H3. The lowest BCUT2D eigenvalue weighted by atomic mass is 10.0. The van der Waals surface area contributed by atoms with Crippen LogP contribution < -0.4 is 9.47 Å². The summed E-state index contributed by atoms with van der Waals surface area (Å²) in [5, 5.41) is 4.28. The summed E-state index contributed by atoms with van der Waals surface area (Å²) in [7, 11) is 1.69. The molecule has 0 saturated heterocycles. The molecule has 4 nitrogen and oxygen atoms in total. The second kappa shape index (κ2) is 7.87. The van der Waals surface area contributed by atoms with Crippen molar-refractivity contribution < 1.29 is 9.47 Å². The molecule has 2 rings (SSSR count). The van der Waals surface area contributed by atoms with E-state index in [1.165, 1.54) is 11.1 Å². The number of rotatable bonds is 8. The van der Waals surface area contributed by atoms with E-state index in [9.17, 15) is 0 Å². The van der Waals surface area contributed by atoms with Gasteiger partial charge in [0.05, 0.1) is 19.9 Å². The first-order chi connectivity index (χ1) is 10.6. The molecule has 0 amide bonds. The van der Waals surface area contributed by atoms with E-state index in [1.807, 2.05) is 16.9 Å². The molecule has 0 aliphatic rings. The van der Waals surface area contributed by atoms with Crippen LogP contribution in [0.25, 0.3) is 0 Å². The highest BCUT2D eigenvalue weighted by atomic mass is 16.5. The lowest BCUT2D eigenvalue weighted by molar-refractivity contribution is 0.299. The Labute approximate surface area is 133 Å². The normalized spacial score (nSPS) is 11.0. The molecule has 4 heteroatoms. The van der Waals surface area contributed by atoms with E-state index < -0.39 is 0 Å². The van der Waals surface area contributed by atoms with Crippen molar-refractivity contribution in [1.82, 2.24) is 9.78 Å². The zero-order valence-corrected chi connectivity index (χ0v) is 14.0. The minimum atomic E-state index is 0.459. The highest BCUT2D eigenvalue weighted by molar-refractivity contribution is 5.39. The van der Waals surface area contributed by atoms with Crippen LogP contribution in [0.2, 0.25) is 0 Å². The van der Waals surface area contributed by atoms with Crippen LogP contribution in [0.5, 0.6) is 11.5 Å². The first kappa shape index (κ1) is 16.4. The molecule has 0 unspecified atom stereocenters. The average Bonchev–Trinajstić information content (AvgIpc) is 2.92. The van der Waals surface area contributed by atoms with Crippen molar-refractivity contribution in [2.24, 2.45) is 0 Å². The van der Waals surface area contributed by atoms with Crippen molar-refractivity contribution in [2.45, 2.75) is 46.1 Å². The van der Waals surface area contributed by atoms with E-state index in [0.717, 1.165) is 30.9 Å². The van der Waals surface area contributed by atoms with Gasteiger partial charge in [-0.3, -0.25) is 4.68 Å². The molecule has 0 bridgehead atoms. The topological polar surface area (TPSA) is 36.3 Å². The zero-order valence-electron chi connectivity index (χ0n) is 14.0. The number of ether oxygens (including phenoxy) is 2. The summed E-state index contributed by atoms with van der Waals surface area (Å²) < 4.78 is 13.2. The van der Waals surface area contributed by atoms with Gasteiger partial charge >= 0.3 is 0 Å². The third-order valence-electron chi connectivity index (χ3n) is 3.62. The van der Waals surface area contributed by atoms with Crippen molar-refractivity contribution in [2.75, 3.05) is 13.7 Å². The predicted molar refractivity (Wildman–Crippen MR) is 88.8 cm³/mol. The Bertz CT molecular complexity index is 591. The Hall–Kier alpha value is -1.97. The molecule has 0 saturated carbocycles. The molecule has 0 radical (unpaired) electrons. The maximum atomic E-state index is 5.87. The fraction of sp³-hybridized carbons (Fsp3) is 0.500. The lowest BCUT2D eigenvalue weighted by Gasteiger charge is -2.12. The summed E-state index contributed by atoms with van der Waals surface area (Å²) in [6.45, 7) is 8.05. The summed E-state index contributed by atoms with van der Waals surface area (Å²) in [5.74, 6) is 2.20. The van der Waals surface area contributed by atoms with Crippen molar-refractivity contribution in [3.05, 3.63) is 41.7 Å². The maximum Gasteiger partial charge on any atom is 0.123 e. The molecule has 0 aliphatic carbocycles. The molecule has 1 heterocycles. The van der Waals surface area contributed by atoms with Gasteiger partial charge in [-0.25, -0.2) is 0 Å². The Morgan fingerprint density at radius 1 is 1.14 bits per heavy atom. The fourth-order valence-corrected chi connectivity index (χ4v) is 2.28. The summed E-state index contributed by atoms with van der Waals surface area (Å²) in [5.41, 5.74) is 2.44. The number of hydrogen-bond acceptors (Lipinski definition) is 3. The van der Waals surface area contributed by atoms with Crippen LogP contribution in [0.15, 0.2) is 30.6 Å². The van der Waals surface area contributed by atoms with Crippen molar-refractivity contribution in [1.29, 1.82) is 0 Å². The van der Waals surface area contributed by atoms with E-state index >= 15 is 0 Å². The Morgan fingerprint density at radius 3 is 2.55 bits per heavy atom. The summed E-state index contributed by atoms with van der Waals surface area (Å²) in [6, 6.07) is 6.12. The number of nitrogens with zero attached hydrogens (tertiary/aromatic N) is 2. The second-order valence-corrected chi connectivity index (χ2v) is 5.93. The van der Waals surface area contributed by atoms with Crippen molar-refractivity contribution in [3.8, 4) is 11.5 Å². The number of methoxy groups -OCH3 is 1. The number of unbranched alkanes of at least 4 members (excludes halogenated alkanes) is 1. The molecule has 0 N–H and O–H groups in total. The Kier molecular flexibility index (Phi) is 5.87. The van der Waals surface area contributed by atoms with E-state index in [-0.39, 0.29) is 0 Å². The molecule has 1 aromatic heterocycles. The van der Waals surface area contributed by atoms with Crippen LogP contribution in [0, 0.1) is 6.92 Å². The molecule has 0 spiro atoms. The SMILES string of the molecule is COc1cc(OCCCCn2cc(C)cn2)cc(C(C)C)c1. The van der Waals surface area contributed by atoms with Gasteiger partial charge in [0.1, 0.15) is 11.5 Å². The van der Waals surface area contributed by atoms with Gasteiger partial charge < -0.3 is 9.47 Å². The molecule has 2 aromatic rings. The summed E-state index contributed by atoms with van der Waals surface area (Å²) in [4.78, 5) is 0. The van der Waals surface area contributed by atoms with Gasteiger partial charge in [-0.1, -0.05) is 13.8 Å². The monoisotopic (exact) mass is 302 g/mol. The van der Waals surface area contributed by atoms with Gasteiger partial charge in [-0.15, -0.1) is 0 Å². The van der Waals surface area contributed by atoms with Crippen molar-refractivity contribution >= 4 is 0 Å². The maximum absolute atomic E-state index is 5.87. The van der Waals surface area contributed by atoms with E-state index in [1.54, 1.807) is 7.11 Å². The quantitative estimate of drug-likeness (QED) is 0.686. The van der Waals surface area contributed by atoms with Crippen LogP contribution in [0.4, 0.5) is 0 Å². The third-order valence-corrected chi connectivity index (χ3v) is 3.62. The van der Waals surface area contributed by atoms with Gasteiger partial charge in [0.25, 0.3) is 0 Å². The average molecular weight is 302 g/mol. The summed E-state index contributed by atoms with van der Waals surface area (Å²) in [6.07, 6.45) is 6.02. The zero-order chi connectivity index (χ0) is 15.9. The lowest BCUT2D eigenvalue weighted by Crippen LogP contribution is -2.03. The molecule has 0 atom stereocenters. The Morgan fingerprint density at radius 2 is 1.91 bits per heavy atom. The fourth-order valence-electron chi connectivity index (χ4n) is 2.28. The first-order valence-corrected chi connectivity index (χ1v) is 7.89. The molecule has 22 heavy (non-hydrogen) atoms. The van der Waals surface area contributed by atoms with Gasteiger partial charge in [0.2, 0.25) is 0 Å². The molecular weight excluding hydrogens is 276 g/mol. The van der Waals surface area contributed by atoms with Gasteiger partial charge in [0, 0.05) is 18.8 Å². The van der Waals surface area contributed by atoms with E-state index in [0.29, 0.717) is 12.5 Å². The van der Waals surface area contributed by atoms with Gasteiger partial charge in [-0.2, -0.15) is 5.10 Å². The number of aryl methyl sites for hydroxylation is 2. The van der Waals surface area contributed by atoms with E-state index in [4.69, 9.17) is 9.47 Å². The van der Waals surface area contributed by atoms with Gasteiger partial charge in [0.15, 0.2) is 0 Å². The van der Waals surface area contributed by atoms with Crippen molar-refractivity contribution in [3.63, 3.8) is 0 Å². The van der Waals surface area contributed by atoms with Crippen LogP contribution in [0.1, 0.15) is 43.7 Å². The number of benzene rings is 1. The summed E-state index contributed by atoms with van der Waals surface area (Å²) >= 11 is 0. The minimum absolute atomic E-state index is 0.459. The molecule has 0 fully saturated rings. The van der Waals surface area contributed by atoms with Gasteiger partial charge in [-0.05, 0) is 48.9 Å². The van der Waals surface area contributed by atoms with Crippen LogP contribution in [-0.2, 0) is 6.54 Å². The molecular formula is C18H26N2O2. The molecule has 0 aliphatic heterocycles. The highest BCUT2D eigenvalue weighted by Gasteiger charge is 2.06. The highest BCUT2D eigenvalue weighted by Crippen LogP contribution is 2.27. The Balaban J connectivity index is 1.79. The first-order valence-electron chi connectivity index (χ1n) is 7.89. The second-order valence-electron chi connectivity index (χ2n) is 5.93. The van der Waals surface area contributed by atoms with Crippen LogP contribution >= 0.6 is 0 Å². The van der Waals surface area contributed by atoms with E-state index in [2.05, 4.69) is 44.2 Å². The number of hydrogen-bond donors (Lipinski definition) is 0. The largest absolute Gasteiger partial charge is 0.497 e. The smallest absolute Gasteiger partial charge is 0.123 e. The molecule has 1 aromatic carbocycles. The van der Waals surface area contributed by atoms with Crippen LogP contribution in [-0.4, -0.2) is 23.5 Å². The molecule has 120 valence electrons. The number of aromatic nitrogens is 2. The predicted octanol–water partition coefficient (Wildman–Crippen LogP) is 4.18. The third kappa shape index (κ3) is 4.79. The van der Waals surface area contributed by atoms with Crippen LogP contribution in [0.3, 0.4) is 0 Å².